The van der Waals surface area contributed by atoms with Crippen LogP contribution in [0.3, 0.4) is 0 Å². The Morgan fingerprint density at radius 3 is 2.50 bits per heavy atom. The Hall–Kier alpha value is -2.16. The van der Waals surface area contributed by atoms with Gasteiger partial charge in [-0.3, -0.25) is 4.79 Å². The van der Waals surface area contributed by atoms with Gasteiger partial charge in [0.05, 0.1) is 12.5 Å². The highest BCUT2D eigenvalue weighted by atomic mass is 19.1. The molecule has 0 heterocycles. The Labute approximate surface area is 131 Å². The molecule has 1 unspecified atom stereocenters. The molecule has 0 aliphatic rings. The van der Waals surface area contributed by atoms with Crippen LogP contribution in [-0.4, -0.2) is 5.91 Å². The Balaban J connectivity index is 2.08. The van der Waals surface area contributed by atoms with Gasteiger partial charge in [-0.1, -0.05) is 43.3 Å². The number of aryl methyl sites for hydroxylation is 2. The van der Waals surface area contributed by atoms with Crippen LogP contribution in [-0.2, 0) is 11.2 Å². The van der Waals surface area contributed by atoms with Crippen molar-refractivity contribution in [2.75, 3.05) is 0 Å². The van der Waals surface area contributed by atoms with Crippen molar-refractivity contribution in [1.29, 1.82) is 0 Å². The molecule has 0 radical (unpaired) electrons. The minimum absolute atomic E-state index is 0.0430. The molecule has 1 atom stereocenters. The quantitative estimate of drug-likeness (QED) is 0.878. The summed E-state index contributed by atoms with van der Waals surface area (Å²) in [6.45, 7) is 6.16. The maximum atomic E-state index is 13.6. The molecule has 0 saturated carbocycles. The number of halogens is 1. The molecule has 0 aliphatic carbocycles. The summed E-state index contributed by atoms with van der Waals surface area (Å²) in [5.41, 5.74) is 3.96. The maximum absolute atomic E-state index is 13.6. The highest BCUT2D eigenvalue weighted by molar-refractivity contribution is 5.79. The second kappa shape index (κ2) is 7.21. The van der Waals surface area contributed by atoms with Crippen molar-refractivity contribution in [3.05, 3.63) is 70.5 Å². The van der Waals surface area contributed by atoms with E-state index in [1.807, 2.05) is 13.0 Å². The zero-order valence-electron chi connectivity index (χ0n) is 13.3. The molecule has 0 saturated heterocycles. The molecule has 22 heavy (non-hydrogen) atoms. The van der Waals surface area contributed by atoms with Crippen LogP contribution in [0, 0.1) is 19.7 Å². The monoisotopic (exact) mass is 299 g/mol. The molecule has 0 fully saturated rings. The molecule has 1 N–H and O–H groups in total. The standard InChI is InChI=1S/C19H22FNO/c1-4-18(16-10-9-13(2)14(3)11-16)21-19(22)12-15-7-5-6-8-17(15)20/h5-11,18H,4,12H2,1-3H3,(H,21,22). The van der Waals surface area contributed by atoms with Gasteiger partial charge in [0, 0.05) is 0 Å². The van der Waals surface area contributed by atoms with Gasteiger partial charge in [0.1, 0.15) is 5.82 Å². The summed E-state index contributed by atoms with van der Waals surface area (Å²) in [6, 6.07) is 12.6. The number of carbonyl (C=O) groups is 1. The van der Waals surface area contributed by atoms with E-state index in [0.717, 1.165) is 12.0 Å². The van der Waals surface area contributed by atoms with E-state index in [-0.39, 0.29) is 24.2 Å². The Morgan fingerprint density at radius 1 is 1.14 bits per heavy atom. The third-order valence-corrected chi connectivity index (χ3v) is 3.99. The van der Waals surface area contributed by atoms with E-state index >= 15 is 0 Å². The molecule has 1 amide bonds. The zero-order valence-corrected chi connectivity index (χ0v) is 13.3. The molecule has 2 aromatic carbocycles. The van der Waals surface area contributed by atoms with Gasteiger partial charge in [0.25, 0.3) is 0 Å². The molecule has 2 aromatic rings. The van der Waals surface area contributed by atoms with Crippen LogP contribution in [0.25, 0.3) is 0 Å². The largest absolute Gasteiger partial charge is 0.349 e. The summed E-state index contributed by atoms with van der Waals surface area (Å²) in [7, 11) is 0. The van der Waals surface area contributed by atoms with E-state index in [1.54, 1.807) is 18.2 Å². The van der Waals surface area contributed by atoms with E-state index in [9.17, 15) is 9.18 Å². The van der Waals surface area contributed by atoms with Crippen LogP contribution in [0.15, 0.2) is 42.5 Å². The topological polar surface area (TPSA) is 29.1 Å². The van der Waals surface area contributed by atoms with Gasteiger partial charge in [-0.05, 0) is 48.6 Å². The lowest BCUT2D eigenvalue weighted by Gasteiger charge is -2.19. The number of benzene rings is 2. The Bertz CT molecular complexity index is 666. The van der Waals surface area contributed by atoms with Crippen LogP contribution < -0.4 is 5.32 Å². The first-order valence-electron chi connectivity index (χ1n) is 7.61. The second-order valence-corrected chi connectivity index (χ2v) is 5.64. The summed E-state index contributed by atoms with van der Waals surface area (Å²) in [5.74, 6) is -0.493. The van der Waals surface area contributed by atoms with Crippen LogP contribution in [0.1, 0.15) is 41.6 Å². The van der Waals surface area contributed by atoms with Crippen LogP contribution >= 0.6 is 0 Å². The maximum Gasteiger partial charge on any atom is 0.225 e. The number of amides is 1. The van der Waals surface area contributed by atoms with Crippen molar-refractivity contribution in [3.8, 4) is 0 Å². The Morgan fingerprint density at radius 2 is 1.86 bits per heavy atom. The van der Waals surface area contributed by atoms with Crippen molar-refractivity contribution >= 4 is 5.91 Å². The van der Waals surface area contributed by atoms with Crippen LogP contribution in [0.5, 0.6) is 0 Å². The van der Waals surface area contributed by atoms with Crippen molar-refractivity contribution in [3.63, 3.8) is 0 Å². The predicted octanol–water partition coefficient (Wildman–Crippen LogP) is 4.25. The summed E-state index contributed by atoms with van der Waals surface area (Å²) in [4.78, 5) is 12.2. The highest BCUT2D eigenvalue weighted by Crippen LogP contribution is 2.20. The highest BCUT2D eigenvalue weighted by Gasteiger charge is 2.14. The van der Waals surface area contributed by atoms with E-state index in [0.29, 0.717) is 5.56 Å². The van der Waals surface area contributed by atoms with Gasteiger partial charge in [0.15, 0.2) is 0 Å². The minimum atomic E-state index is -0.336. The van der Waals surface area contributed by atoms with Gasteiger partial charge in [-0.25, -0.2) is 4.39 Å². The lowest BCUT2D eigenvalue weighted by atomic mass is 9.99. The fourth-order valence-corrected chi connectivity index (χ4v) is 2.46. The first kappa shape index (κ1) is 16.2. The van der Waals surface area contributed by atoms with Gasteiger partial charge >= 0.3 is 0 Å². The summed E-state index contributed by atoms with van der Waals surface area (Å²) in [6.07, 6.45) is 0.861. The normalized spacial score (nSPS) is 12.0. The fraction of sp³-hybridized carbons (Fsp3) is 0.316. The molecule has 0 aromatic heterocycles. The second-order valence-electron chi connectivity index (χ2n) is 5.64. The number of nitrogens with one attached hydrogen (secondary N) is 1. The number of carbonyl (C=O) groups excluding carboxylic acids is 1. The van der Waals surface area contributed by atoms with Crippen molar-refractivity contribution in [1.82, 2.24) is 5.32 Å². The van der Waals surface area contributed by atoms with E-state index in [4.69, 9.17) is 0 Å². The zero-order chi connectivity index (χ0) is 16.1. The molecule has 116 valence electrons. The molecular weight excluding hydrogens is 277 g/mol. The first-order valence-corrected chi connectivity index (χ1v) is 7.61. The molecule has 0 spiro atoms. The van der Waals surface area contributed by atoms with Crippen molar-refractivity contribution < 1.29 is 9.18 Å². The summed E-state index contributed by atoms with van der Waals surface area (Å²) >= 11 is 0. The van der Waals surface area contributed by atoms with E-state index in [1.165, 1.54) is 17.2 Å². The predicted molar refractivity (Wildman–Crippen MR) is 87.2 cm³/mol. The van der Waals surface area contributed by atoms with Gasteiger partial charge < -0.3 is 5.32 Å². The minimum Gasteiger partial charge on any atom is -0.349 e. The number of rotatable bonds is 5. The van der Waals surface area contributed by atoms with Crippen molar-refractivity contribution in [2.24, 2.45) is 0 Å². The van der Waals surface area contributed by atoms with Crippen LogP contribution in [0.4, 0.5) is 4.39 Å². The lowest BCUT2D eigenvalue weighted by Crippen LogP contribution is -2.29. The molecule has 0 bridgehead atoms. The summed E-state index contributed by atoms with van der Waals surface area (Å²) in [5, 5.41) is 3.00. The third-order valence-electron chi connectivity index (χ3n) is 3.99. The molecule has 2 rings (SSSR count). The first-order chi connectivity index (χ1) is 10.5. The van der Waals surface area contributed by atoms with Gasteiger partial charge in [0.2, 0.25) is 5.91 Å². The van der Waals surface area contributed by atoms with E-state index < -0.39 is 0 Å². The molecule has 0 aliphatic heterocycles. The Kier molecular flexibility index (Phi) is 5.31. The smallest absolute Gasteiger partial charge is 0.225 e. The number of hydrogen-bond donors (Lipinski definition) is 1. The van der Waals surface area contributed by atoms with Crippen LogP contribution in [0.2, 0.25) is 0 Å². The fourth-order valence-electron chi connectivity index (χ4n) is 2.46. The van der Waals surface area contributed by atoms with Gasteiger partial charge in [-0.15, -0.1) is 0 Å². The molecule has 3 heteroatoms. The molecular formula is C19H22FNO. The molecule has 2 nitrogen and oxygen atoms in total. The third kappa shape index (κ3) is 3.94. The summed E-state index contributed by atoms with van der Waals surface area (Å²) < 4.78 is 13.6. The van der Waals surface area contributed by atoms with Gasteiger partial charge in [-0.2, -0.15) is 0 Å². The average molecular weight is 299 g/mol. The SMILES string of the molecule is CCC(NC(=O)Cc1ccccc1F)c1ccc(C)c(C)c1. The lowest BCUT2D eigenvalue weighted by molar-refractivity contribution is -0.121. The van der Waals surface area contributed by atoms with Crippen molar-refractivity contribution in [2.45, 2.75) is 39.7 Å². The average Bonchev–Trinajstić information content (AvgIpc) is 2.50. The van der Waals surface area contributed by atoms with E-state index in [2.05, 4.69) is 31.3 Å². The number of hydrogen-bond acceptors (Lipinski definition) is 1.